The molecule has 1 aliphatic heterocycles. The van der Waals surface area contributed by atoms with Gasteiger partial charge in [-0.2, -0.15) is 0 Å². The van der Waals surface area contributed by atoms with Gasteiger partial charge in [-0.05, 0) is 19.8 Å². The number of amides is 2. The number of carbonyl (C=O) groups is 4. The number of hydrogen-bond acceptors (Lipinski definition) is 11. The molecule has 1 fully saturated rings. The Morgan fingerprint density at radius 2 is 0.821 bits per heavy atom. The molecule has 1 rings (SSSR count). The number of ketones is 1. The van der Waals surface area contributed by atoms with Crippen molar-refractivity contribution >= 4 is 23.6 Å². The molecule has 2 N–H and O–H groups in total. The topological polar surface area (TPSA) is 162 Å². The summed E-state index contributed by atoms with van der Waals surface area (Å²) in [7, 11) is 0. The Morgan fingerprint density at radius 1 is 0.464 bits per heavy atom. The molecule has 14 heteroatoms. The lowest BCUT2D eigenvalue weighted by atomic mass is 10.0. The van der Waals surface area contributed by atoms with Crippen LogP contribution in [0.15, 0.2) is 0 Å². The minimum Gasteiger partial charge on any atom is -0.481 e. The number of ether oxygens (including phenoxy) is 6. The number of aliphatic carboxylic acids is 1. The highest BCUT2D eigenvalue weighted by Crippen LogP contribution is 2.15. The van der Waals surface area contributed by atoms with Gasteiger partial charge in [0, 0.05) is 52.0 Å². The summed E-state index contributed by atoms with van der Waals surface area (Å²) < 4.78 is 32.6. The first-order chi connectivity index (χ1) is 27.4. The van der Waals surface area contributed by atoms with Crippen LogP contribution in [0.2, 0.25) is 0 Å². The third-order valence-electron chi connectivity index (χ3n) is 9.65. The molecule has 14 nitrogen and oxygen atoms in total. The molecule has 0 unspecified atom stereocenters. The third-order valence-corrected chi connectivity index (χ3v) is 9.65. The molecule has 0 spiro atoms. The van der Waals surface area contributed by atoms with Crippen LogP contribution in [0.1, 0.15) is 129 Å². The quantitative estimate of drug-likeness (QED) is 0.0755. The Kier molecular flexibility index (Phi) is 36.7. The van der Waals surface area contributed by atoms with E-state index in [1.54, 1.807) is 6.92 Å². The first-order valence-corrected chi connectivity index (χ1v) is 21.8. The van der Waals surface area contributed by atoms with Crippen molar-refractivity contribution in [3.05, 3.63) is 0 Å². The Labute approximate surface area is 338 Å². The minimum absolute atomic E-state index is 0.0277. The van der Waals surface area contributed by atoms with Crippen LogP contribution in [0.4, 0.5) is 0 Å². The first-order valence-electron chi connectivity index (χ1n) is 21.8. The van der Waals surface area contributed by atoms with Crippen molar-refractivity contribution < 1.29 is 52.7 Å². The second-order valence-corrected chi connectivity index (χ2v) is 14.7. The summed E-state index contributed by atoms with van der Waals surface area (Å²) in [4.78, 5) is 50.4. The third kappa shape index (κ3) is 36.2. The normalized spacial score (nSPS) is 13.3. The number of nitrogens with one attached hydrogen (secondary N) is 1. The fourth-order valence-corrected chi connectivity index (χ4v) is 6.28. The van der Waals surface area contributed by atoms with E-state index in [-0.39, 0.29) is 17.6 Å². The highest BCUT2D eigenvalue weighted by atomic mass is 16.6. The zero-order chi connectivity index (χ0) is 40.6. The van der Waals surface area contributed by atoms with Crippen LogP contribution in [0.5, 0.6) is 0 Å². The van der Waals surface area contributed by atoms with E-state index in [0.717, 1.165) is 38.8 Å². The van der Waals surface area contributed by atoms with Crippen molar-refractivity contribution in [2.24, 2.45) is 0 Å². The van der Waals surface area contributed by atoms with Gasteiger partial charge in [-0.15, -0.1) is 0 Å². The van der Waals surface area contributed by atoms with E-state index < -0.39 is 5.97 Å². The maximum atomic E-state index is 12.7. The summed E-state index contributed by atoms with van der Waals surface area (Å²) in [5.74, 6) is -0.346. The summed E-state index contributed by atoms with van der Waals surface area (Å²) in [5, 5.41) is 11.6. The van der Waals surface area contributed by atoms with Crippen molar-refractivity contribution in [2.75, 3.05) is 119 Å². The summed E-state index contributed by atoms with van der Waals surface area (Å²) in [6.45, 7) is 10.7. The van der Waals surface area contributed by atoms with Gasteiger partial charge in [0.25, 0.3) is 0 Å². The van der Waals surface area contributed by atoms with Crippen LogP contribution in [0.3, 0.4) is 0 Å². The van der Waals surface area contributed by atoms with E-state index in [9.17, 15) is 19.2 Å². The Hall–Kier alpha value is -2.20. The van der Waals surface area contributed by atoms with Crippen LogP contribution < -0.4 is 5.32 Å². The van der Waals surface area contributed by atoms with E-state index >= 15 is 0 Å². The molecule has 0 aromatic heterocycles. The number of hydrogen-bond donors (Lipinski definition) is 2. The minimum atomic E-state index is -0.680. The van der Waals surface area contributed by atoms with Gasteiger partial charge in [0.2, 0.25) is 11.8 Å². The monoisotopic (exact) mass is 802 g/mol. The zero-order valence-corrected chi connectivity index (χ0v) is 35.1. The number of carboxylic acid groups (broad SMARTS) is 1. The van der Waals surface area contributed by atoms with E-state index in [1.807, 2.05) is 4.90 Å². The van der Waals surface area contributed by atoms with E-state index in [4.69, 9.17) is 33.5 Å². The van der Waals surface area contributed by atoms with Crippen LogP contribution in [-0.2, 0) is 47.6 Å². The predicted octanol–water partition coefficient (Wildman–Crippen LogP) is 5.43. The van der Waals surface area contributed by atoms with Gasteiger partial charge in [0.05, 0.1) is 85.8 Å². The number of unbranched alkanes of at least 4 members (excludes halogenated alkanes) is 15. The Bertz CT molecular complexity index is 951. The molecule has 1 saturated heterocycles. The zero-order valence-electron chi connectivity index (χ0n) is 35.1. The van der Waals surface area contributed by atoms with Crippen LogP contribution >= 0.6 is 0 Å². The van der Waals surface area contributed by atoms with Gasteiger partial charge in [-0.1, -0.05) is 89.9 Å². The lowest BCUT2D eigenvalue weighted by Crippen LogP contribution is -2.51. The standard InChI is InChI=1S/C42H79N3O11/c1-39(46)20-26-51-28-30-53-32-34-55-36-37-56-35-33-54-31-29-52-27-21-43-40(47)38-44-22-24-45(25-23-44)41(48)18-16-14-12-10-8-6-4-2-3-5-7-9-11-13-15-17-19-42(49)50/h2-38H2,1H3,(H,43,47)(H,49,50). The maximum absolute atomic E-state index is 12.7. The maximum Gasteiger partial charge on any atom is 0.303 e. The van der Waals surface area contributed by atoms with Gasteiger partial charge in [-0.3, -0.25) is 24.1 Å². The van der Waals surface area contributed by atoms with Crippen molar-refractivity contribution in [1.82, 2.24) is 15.1 Å². The molecule has 0 saturated carbocycles. The molecule has 1 heterocycles. The molecule has 1 aliphatic rings. The molecule has 0 radical (unpaired) electrons. The van der Waals surface area contributed by atoms with E-state index in [2.05, 4.69) is 10.2 Å². The largest absolute Gasteiger partial charge is 0.481 e. The highest BCUT2D eigenvalue weighted by Gasteiger charge is 2.22. The average Bonchev–Trinajstić information content (AvgIpc) is 3.18. The fourth-order valence-electron chi connectivity index (χ4n) is 6.28. The molecular weight excluding hydrogens is 722 g/mol. The molecule has 56 heavy (non-hydrogen) atoms. The van der Waals surface area contributed by atoms with Crippen molar-refractivity contribution in [3.63, 3.8) is 0 Å². The number of nitrogens with zero attached hydrogens (tertiary/aromatic N) is 2. The molecule has 0 aliphatic carbocycles. The SMILES string of the molecule is CC(=O)CCOCCOCCOCCOCCOCCOCCNC(=O)CN1CCN(C(=O)CCCCCCCCCCCCCCCCCCC(=O)O)CC1. The number of rotatable bonds is 42. The number of piperazine rings is 1. The molecular formula is C42H79N3O11. The second-order valence-electron chi connectivity index (χ2n) is 14.7. The Balaban J connectivity index is 1.80. The van der Waals surface area contributed by atoms with Crippen LogP contribution in [0, 0.1) is 0 Å². The van der Waals surface area contributed by atoms with Gasteiger partial charge in [0.1, 0.15) is 5.78 Å². The van der Waals surface area contributed by atoms with Crippen LogP contribution in [0.25, 0.3) is 0 Å². The van der Waals surface area contributed by atoms with Gasteiger partial charge in [0.15, 0.2) is 0 Å². The molecule has 0 aromatic carbocycles. The summed E-state index contributed by atoms with van der Waals surface area (Å²) in [6.07, 6.45) is 20.7. The van der Waals surface area contributed by atoms with Crippen molar-refractivity contribution in [1.29, 1.82) is 0 Å². The van der Waals surface area contributed by atoms with E-state index in [0.29, 0.717) is 125 Å². The molecule has 0 bridgehead atoms. The summed E-state index contributed by atoms with van der Waals surface area (Å²) in [5.41, 5.74) is 0. The molecule has 0 aromatic rings. The van der Waals surface area contributed by atoms with Crippen LogP contribution in [-0.4, -0.2) is 157 Å². The molecule has 0 atom stereocenters. The van der Waals surface area contributed by atoms with Crippen molar-refractivity contribution in [3.8, 4) is 0 Å². The smallest absolute Gasteiger partial charge is 0.303 e. The van der Waals surface area contributed by atoms with Gasteiger partial charge in [-0.25, -0.2) is 0 Å². The van der Waals surface area contributed by atoms with E-state index in [1.165, 1.54) is 77.0 Å². The summed E-state index contributed by atoms with van der Waals surface area (Å²) in [6, 6.07) is 0. The average molecular weight is 802 g/mol. The lowest BCUT2D eigenvalue weighted by molar-refractivity contribution is -0.137. The number of carboxylic acids is 1. The summed E-state index contributed by atoms with van der Waals surface area (Å²) >= 11 is 0. The van der Waals surface area contributed by atoms with Gasteiger partial charge >= 0.3 is 5.97 Å². The molecule has 2 amide bonds. The number of Topliss-reactive ketones (excluding diaryl/α,β-unsaturated/α-hetero) is 1. The number of carbonyl (C=O) groups excluding carboxylic acids is 3. The lowest BCUT2D eigenvalue weighted by Gasteiger charge is -2.34. The highest BCUT2D eigenvalue weighted by molar-refractivity contribution is 5.78. The fraction of sp³-hybridized carbons (Fsp3) is 0.905. The van der Waals surface area contributed by atoms with Crippen molar-refractivity contribution in [2.45, 2.75) is 129 Å². The Morgan fingerprint density at radius 3 is 1.21 bits per heavy atom. The van der Waals surface area contributed by atoms with Gasteiger partial charge < -0.3 is 43.7 Å². The predicted molar refractivity (Wildman–Crippen MR) is 217 cm³/mol. The molecule has 328 valence electrons. The first kappa shape index (κ1) is 51.8. The second kappa shape index (κ2) is 39.6.